The van der Waals surface area contributed by atoms with Gasteiger partial charge >= 0.3 is 11.9 Å². The SMILES string of the molecule is Nc1ncc(-c2ccccc2C(F)(F)F)nc1C(=O)Nc1[nH]c(=O)ncc1N1CCCC(N)C1. The smallest absolute Gasteiger partial charge is 0.382 e. The molecule has 0 bridgehead atoms. The van der Waals surface area contributed by atoms with Gasteiger partial charge in [0.25, 0.3) is 5.91 Å². The molecule has 2 aromatic heterocycles. The quantitative estimate of drug-likeness (QED) is 0.447. The van der Waals surface area contributed by atoms with Crippen molar-refractivity contribution in [3.05, 3.63) is 58.4 Å². The number of nitrogen functional groups attached to an aromatic ring is 1. The van der Waals surface area contributed by atoms with Crippen molar-refractivity contribution < 1.29 is 18.0 Å². The fraction of sp³-hybridized carbons (Fsp3) is 0.286. The van der Waals surface area contributed by atoms with E-state index < -0.39 is 29.0 Å². The Labute approximate surface area is 191 Å². The van der Waals surface area contributed by atoms with Crippen molar-refractivity contribution in [2.24, 2.45) is 5.73 Å². The Morgan fingerprint density at radius 1 is 1.21 bits per heavy atom. The third kappa shape index (κ3) is 4.83. The molecule has 178 valence electrons. The van der Waals surface area contributed by atoms with Gasteiger partial charge in [0.2, 0.25) is 0 Å². The minimum absolute atomic E-state index is 0.0430. The van der Waals surface area contributed by atoms with E-state index in [1.165, 1.54) is 24.4 Å². The molecule has 1 atom stereocenters. The summed E-state index contributed by atoms with van der Waals surface area (Å²) in [6.45, 7) is 1.12. The molecule has 3 aromatic rings. The van der Waals surface area contributed by atoms with E-state index in [0.717, 1.165) is 25.1 Å². The number of hydrogen-bond donors (Lipinski definition) is 4. The molecule has 6 N–H and O–H groups in total. The van der Waals surface area contributed by atoms with Crippen molar-refractivity contribution in [3.63, 3.8) is 0 Å². The van der Waals surface area contributed by atoms with Gasteiger partial charge in [-0.15, -0.1) is 0 Å². The second-order valence-electron chi connectivity index (χ2n) is 7.78. The van der Waals surface area contributed by atoms with Crippen LogP contribution in [0.4, 0.5) is 30.5 Å². The van der Waals surface area contributed by atoms with Gasteiger partial charge in [0.1, 0.15) is 5.82 Å². The lowest BCUT2D eigenvalue weighted by molar-refractivity contribution is -0.137. The fourth-order valence-corrected chi connectivity index (χ4v) is 3.77. The lowest BCUT2D eigenvalue weighted by atomic mass is 10.0. The highest BCUT2D eigenvalue weighted by Crippen LogP contribution is 2.36. The molecule has 1 saturated heterocycles. The number of carbonyl (C=O) groups excluding carboxylic acids is 1. The first-order valence-corrected chi connectivity index (χ1v) is 10.3. The molecule has 13 heteroatoms. The van der Waals surface area contributed by atoms with E-state index in [-0.39, 0.29) is 28.9 Å². The Bertz CT molecular complexity index is 1280. The third-order valence-corrected chi connectivity index (χ3v) is 5.35. The Balaban J connectivity index is 1.69. The number of H-pyrrole nitrogens is 1. The lowest BCUT2D eigenvalue weighted by Crippen LogP contribution is -2.43. The first-order valence-electron chi connectivity index (χ1n) is 10.3. The number of anilines is 3. The summed E-state index contributed by atoms with van der Waals surface area (Å²) in [5, 5.41) is 2.52. The van der Waals surface area contributed by atoms with E-state index in [9.17, 15) is 22.8 Å². The highest BCUT2D eigenvalue weighted by Gasteiger charge is 2.34. The number of amides is 1. The summed E-state index contributed by atoms with van der Waals surface area (Å²) < 4.78 is 40.3. The van der Waals surface area contributed by atoms with Gasteiger partial charge in [-0.2, -0.15) is 18.2 Å². The van der Waals surface area contributed by atoms with Crippen molar-refractivity contribution in [2.75, 3.05) is 29.0 Å². The number of nitrogens with one attached hydrogen (secondary N) is 2. The van der Waals surface area contributed by atoms with Crippen molar-refractivity contribution in [1.29, 1.82) is 0 Å². The second kappa shape index (κ2) is 9.09. The number of aromatic nitrogens is 4. The average Bonchev–Trinajstić information content (AvgIpc) is 2.79. The zero-order valence-corrected chi connectivity index (χ0v) is 17.8. The van der Waals surface area contributed by atoms with Crippen LogP contribution in [0.3, 0.4) is 0 Å². The highest BCUT2D eigenvalue weighted by molar-refractivity contribution is 6.06. The van der Waals surface area contributed by atoms with E-state index in [1.54, 1.807) is 0 Å². The predicted octanol–water partition coefficient (Wildman–Crippen LogP) is 2.01. The van der Waals surface area contributed by atoms with Crippen LogP contribution >= 0.6 is 0 Å². The zero-order valence-electron chi connectivity index (χ0n) is 17.8. The normalized spacial score (nSPS) is 16.4. The second-order valence-corrected chi connectivity index (χ2v) is 7.78. The molecule has 0 aliphatic carbocycles. The van der Waals surface area contributed by atoms with Gasteiger partial charge in [0.15, 0.2) is 11.5 Å². The molecule has 10 nitrogen and oxygen atoms in total. The van der Waals surface area contributed by atoms with Crippen LogP contribution in [0, 0.1) is 0 Å². The zero-order chi connectivity index (χ0) is 24.5. The summed E-state index contributed by atoms with van der Waals surface area (Å²) in [7, 11) is 0. The molecule has 0 spiro atoms. The topological polar surface area (TPSA) is 156 Å². The molecule has 1 amide bonds. The highest BCUT2D eigenvalue weighted by atomic mass is 19.4. The van der Waals surface area contributed by atoms with E-state index >= 15 is 0 Å². The van der Waals surface area contributed by atoms with Crippen LogP contribution in [-0.4, -0.2) is 45.0 Å². The predicted molar refractivity (Wildman–Crippen MR) is 119 cm³/mol. The van der Waals surface area contributed by atoms with Gasteiger partial charge in [0.05, 0.1) is 29.3 Å². The molecule has 0 radical (unpaired) electrons. The molecule has 1 fully saturated rings. The Kier molecular flexibility index (Phi) is 6.20. The van der Waals surface area contributed by atoms with E-state index in [2.05, 4.69) is 25.3 Å². The van der Waals surface area contributed by atoms with E-state index in [1.807, 2.05) is 4.90 Å². The molecule has 1 unspecified atom stereocenters. The van der Waals surface area contributed by atoms with Crippen molar-refractivity contribution in [1.82, 2.24) is 19.9 Å². The number of nitrogens with two attached hydrogens (primary N) is 2. The number of piperidine rings is 1. The molecular formula is C21H21F3N8O2. The largest absolute Gasteiger partial charge is 0.417 e. The molecule has 0 saturated carbocycles. The maximum atomic E-state index is 13.4. The monoisotopic (exact) mass is 474 g/mol. The minimum Gasteiger partial charge on any atom is -0.382 e. The van der Waals surface area contributed by atoms with Gasteiger partial charge in [-0.05, 0) is 18.9 Å². The third-order valence-electron chi connectivity index (χ3n) is 5.35. The number of aromatic amines is 1. The van der Waals surface area contributed by atoms with Gasteiger partial charge in [-0.3, -0.25) is 9.78 Å². The van der Waals surface area contributed by atoms with Crippen molar-refractivity contribution >= 4 is 23.2 Å². The molecule has 1 aliphatic rings. The molecule has 4 rings (SSSR count). The molecule has 3 heterocycles. The Morgan fingerprint density at radius 2 is 1.97 bits per heavy atom. The van der Waals surface area contributed by atoms with Crippen molar-refractivity contribution in [2.45, 2.75) is 25.1 Å². The van der Waals surface area contributed by atoms with Crippen LogP contribution in [0.1, 0.15) is 28.9 Å². The van der Waals surface area contributed by atoms with Gasteiger partial charge < -0.3 is 21.7 Å². The number of alkyl halides is 3. The number of nitrogens with zero attached hydrogens (tertiary/aromatic N) is 4. The van der Waals surface area contributed by atoms with Crippen LogP contribution in [0.5, 0.6) is 0 Å². The van der Waals surface area contributed by atoms with Crippen LogP contribution in [0.2, 0.25) is 0 Å². The van der Waals surface area contributed by atoms with E-state index in [4.69, 9.17) is 11.5 Å². The Morgan fingerprint density at radius 3 is 2.71 bits per heavy atom. The number of benzene rings is 1. The maximum Gasteiger partial charge on any atom is 0.417 e. The summed E-state index contributed by atoms with van der Waals surface area (Å²) in [6.07, 6.45) is -0.605. The van der Waals surface area contributed by atoms with Crippen LogP contribution in [0.25, 0.3) is 11.3 Å². The molecular weight excluding hydrogens is 453 g/mol. The molecule has 34 heavy (non-hydrogen) atoms. The summed E-state index contributed by atoms with van der Waals surface area (Å²) in [6, 6.07) is 4.71. The summed E-state index contributed by atoms with van der Waals surface area (Å²) >= 11 is 0. The molecule has 1 aromatic carbocycles. The lowest BCUT2D eigenvalue weighted by Gasteiger charge is -2.33. The molecule has 1 aliphatic heterocycles. The number of hydrogen-bond acceptors (Lipinski definition) is 8. The fourth-order valence-electron chi connectivity index (χ4n) is 3.77. The summed E-state index contributed by atoms with van der Waals surface area (Å²) in [5.74, 6) is -1.11. The average molecular weight is 474 g/mol. The Hall–Kier alpha value is -4.00. The summed E-state index contributed by atoms with van der Waals surface area (Å²) in [5.41, 5.74) is 9.82. The van der Waals surface area contributed by atoms with Gasteiger partial charge in [-0.25, -0.2) is 14.8 Å². The number of halogens is 3. The van der Waals surface area contributed by atoms with Crippen LogP contribution in [-0.2, 0) is 6.18 Å². The van der Waals surface area contributed by atoms with Gasteiger partial charge in [0, 0.05) is 24.7 Å². The van der Waals surface area contributed by atoms with Crippen molar-refractivity contribution in [3.8, 4) is 11.3 Å². The number of rotatable bonds is 4. The van der Waals surface area contributed by atoms with Crippen LogP contribution in [0.15, 0.2) is 41.5 Å². The van der Waals surface area contributed by atoms with E-state index in [0.29, 0.717) is 18.8 Å². The minimum atomic E-state index is -4.64. The maximum absolute atomic E-state index is 13.4. The summed E-state index contributed by atoms with van der Waals surface area (Å²) in [4.78, 5) is 40.8. The standard InChI is InChI=1S/C21H21F3N8O2/c22-21(23,24)13-6-2-1-5-12(13)14-8-27-17(26)16(29-14)19(33)30-18-15(9-28-20(34)31-18)32-7-3-4-11(25)10-32/h1-2,5-6,8-9,11H,3-4,7,10,25H2,(H2,26,27)(H2,28,30,31,33,34). The number of carbonyl (C=O) groups is 1. The van der Waals surface area contributed by atoms with Crippen LogP contribution < -0.4 is 27.4 Å². The first kappa shape index (κ1) is 23.2. The van der Waals surface area contributed by atoms with Gasteiger partial charge in [-0.1, -0.05) is 18.2 Å². The first-order chi connectivity index (χ1) is 16.1.